The Labute approximate surface area is 127 Å². The molecule has 1 unspecified atom stereocenters. The first kappa shape index (κ1) is 13.9. The van der Waals surface area contributed by atoms with Gasteiger partial charge in [0.05, 0.1) is 18.7 Å². The number of halogens is 1. The highest BCUT2D eigenvalue weighted by molar-refractivity contribution is 6.30. The van der Waals surface area contributed by atoms with Crippen molar-refractivity contribution in [1.82, 2.24) is 9.78 Å². The Balaban J connectivity index is 1.99. The minimum absolute atomic E-state index is 0.323. The molecule has 0 amide bonds. The van der Waals surface area contributed by atoms with E-state index in [1.807, 2.05) is 6.20 Å². The smallest absolute Gasteiger partial charge is 0.306 e. The standard InChI is InChI=1S/C15H15ClN2O3/c1-21-14-5-3-11(16)7-13(14)18-8-10-6-9(15(19)20)2-4-12(10)17-18/h3,5,7-9H,2,4,6H2,1H3,(H,19,20). The predicted molar refractivity (Wildman–Crippen MR) is 78.3 cm³/mol. The minimum atomic E-state index is -0.742. The first-order valence-corrected chi connectivity index (χ1v) is 7.10. The van der Waals surface area contributed by atoms with Crippen LogP contribution >= 0.6 is 11.6 Å². The van der Waals surface area contributed by atoms with Gasteiger partial charge in [0.2, 0.25) is 0 Å². The Morgan fingerprint density at radius 1 is 1.52 bits per heavy atom. The molecule has 2 aromatic rings. The lowest BCUT2D eigenvalue weighted by atomic mass is 9.88. The number of methoxy groups -OCH3 is 1. The molecule has 1 aromatic heterocycles. The highest BCUT2D eigenvalue weighted by Gasteiger charge is 2.26. The monoisotopic (exact) mass is 306 g/mol. The lowest BCUT2D eigenvalue weighted by Crippen LogP contribution is -2.21. The molecule has 0 fully saturated rings. The summed E-state index contributed by atoms with van der Waals surface area (Å²) in [4.78, 5) is 11.1. The molecule has 1 aromatic carbocycles. The summed E-state index contributed by atoms with van der Waals surface area (Å²) in [6.07, 6.45) is 3.71. The second-order valence-electron chi connectivity index (χ2n) is 5.14. The van der Waals surface area contributed by atoms with Crippen LogP contribution in [0.2, 0.25) is 5.02 Å². The summed E-state index contributed by atoms with van der Waals surface area (Å²) in [5.41, 5.74) is 2.69. The Morgan fingerprint density at radius 3 is 3.05 bits per heavy atom. The highest BCUT2D eigenvalue weighted by atomic mass is 35.5. The number of benzene rings is 1. The molecule has 5 nitrogen and oxygen atoms in total. The summed E-state index contributed by atoms with van der Waals surface area (Å²) in [6.45, 7) is 0. The molecule has 1 aliphatic rings. The van der Waals surface area contributed by atoms with Gasteiger partial charge in [0.25, 0.3) is 0 Å². The Bertz CT molecular complexity index is 696. The number of carbonyl (C=O) groups is 1. The number of aryl methyl sites for hydroxylation is 1. The fourth-order valence-corrected chi connectivity index (χ4v) is 2.85. The van der Waals surface area contributed by atoms with Crippen molar-refractivity contribution in [3.63, 3.8) is 0 Å². The number of carboxylic acid groups (broad SMARTS) is 1. The van der Waals surface area contributed by atoms with E-state index in [1.165, 1.54) is 0 Å². The summed E-state index contributed by atoms with van der Waals surface area (Å²) in [7, 11) is 1.59. The predicted octanol–water partition coefficient (Wildman–Crippen LogP) is 2.72. The third kappa shape index (κ3) is 2.61. The largest absolute Gasteiger partial charge is 0.494 e. The Hall–Kier alpha value is -2.01. The molecule has 1 heterocycles. The number of ether oxygens (including phenoxy) is 1. The molecule has 21 heavy (non-hydrogen) atoms. The van der Waals surface area contributed by atoms with Crippen LogP contribution in [-0.4, -0.2) is 28.0 Å². The molecule has 6 heteroatoms. The van der Waals surface area contributed by atoms with Crippen molar-refractivity contribution in [3.8, 4) is 11.4 Å². The number of nitrogens with zero attached hydrogens (tertiary/aromatic N) is 2. The van der Waals surface area contributed by atoms with E-state index < -0.39 is 5.97 Å². The number of carboxylic acids is 1. The van der Waals surface area contributed by atoms with Gasteiger partial charge in [0.15, 0.2) is 0 Å². The molecule has 0 radical (unpaired) electrons. The van der Waals surface area contributed by atoms with Crippen LogP contribution in [0.4, 0.5) is 0 Å². The summed E-state index contributed by atoms with van der Waals surface area (Å²) < 4.78 is 7.05. The Kier molecular flexibility index (Phi) is 3.59. The fraction of sp³-hybridized carbons (Fsp3) is 0.333. The van der Waals surface area contributed by atoms with E-state index >= 15 is 0 Å². The average Bonchev–Trinajstić information content (AvgIpc) is 2.89. The van der Waals surface area contributed by atoms with Gasteiger partial charge in [-0.3, -0.25) is 4.79 Å². The SMILES string of the molecule is COc1ccc(Cl)cc1-n1cc2c(n1)CCC(C(=O)O)C2. The molecule has 110 valence electrons. The molecular weight excluding hydrogens is 292 g/mol. The zero-order valence-electron chi connectivity index (χ0n) is 11.5. The van der Waals surface area contributed by atoms with Crippen molar-refractivity contribution in [1.29, 1.82) is 0 Å². The van der Waals surface area contributed by atoms with Gasteiger partial charge in [0.1, 0.15) is 11.4 Å². The van der Waals surface area contributed by atoms with Gasteiger partial charge in [0, 0.05) is 11.2 Å². The number of hydrogen-bond acceptors (Lipinski definition) is 3. The molecule has 0 spiro atoms. The molecule has 1 N–H and O–H groups in total. The van der Waals surface area contributed by atoms with Gasteiger partial charge < -0.3 is 9.84 Å². The maximum Gasteiger partial charge on any atom is 0.306 e. The molecular formula is C15H15ClN2O3. The second kappa shape index (κ2) is 5.41. The minimum Gasteiger partial charge on any atom is -0.494 e. The van der Waals surface area contributed by atoms with Crippen LogP contribution in [0.15, 0.2) is 24.4 Å². The van der Waals surface area contributed by atoms with Crippen LogP contribution < -0.4 is 4.74 Å². The summed E-state index contributed by atoms with van der Waals surface area (Å²) in [5, 5.41) is 14.3. The van der Waals surface area contributed by atoms with E-state index in [1.54, 1.807) is 30.0 Å². The van der Waals surface area contributed by atoms with Gasteiger partial charge in [-0.15, -0.1) is 0 Å². The van der Waals surface area contributed by atoms with Gasteiger partial charge in [-0.2, -0.15) is 5.10 Å². The van der Waals surface area contributed by atoms with E-state index in [0.29, 0.717) is 30.0 Å². The maximum atomic E-state index is 11.1. The van der Waals surface area contributed by atoms with Gasteiger partial charge in [-0.1, -0.05) is 11.6 Å². The Morgan fingerprint density at radius 2 is 2.33 bits per heavy atom. The van der Waals surface area contributed by atoms with E-state index in [9.17, 15) is 4.79 Å². The molecule has 0 saturated carbocycles. The van der Waals surface area contributed by atoms with Crippen molar-refractivity contribution in [2.24, 2.45) is 5.92 Å². The third-order valence-electron chi connectivity index (χ3n) is 3.81. The van der Waals surface area contributed by atoms with E-state index in [4.69, 9.17) is 21.4 Å². The first-order valence-electron chi connectivity index (χ1n) is 6.72. The van der Waals surface area contributed by atoms with Gasteiger partial charge >= 0.3 is 5.97 Å². The van der Waals surface area contributed by atoms with E-state index in [-0.39, 0.29) is 5.92 Å². The third-order valence-corrected chi connectivity index (χ3v) is 4.05. The van der Waals surface area contributed by atoms with Crippen LogP contribution in [0.5, 0.6) is 5.75 Å². The van der Waals surface area contributed by atoms with Crippen LogP contribution in [0.3, 0.4) is 0 Å². The molecule has 0 saturated heterocycles. The normalized spacial score (nSPS) is 17.3. The van der Waals surface area contributed by atoms with Crippen LogP contribution in [0.1, 0.15) is 17.7 Å². The first-order chi connectivity index (χ1) is 10.1. The van der Waals surface area contributed by atoms with Crippen molar-refractivity contribution >= 4 is 17.6 Å². The molecule has 1 atom stereocenters. The van der Waals surface area contributed by atoms with Crippen molar-refractivity contribution in [3.05, 3.63) is 40.7 Å². The summed E-state index contributed by atoms with van der Waals surface area (Å²) in [6, 6.07) is 5.33. The van der Waals surface area contributed by atoms with Crippen molar-refractivity contribution in [2.45, 2.75) is 19.3 Å². The van der Waals surface area contributed by atoms with Crippen LogP contribution in [-0.2, 0) is 17.6 Å². The van der Waals surface area contributed by atoms with Crippen molar-refractivity contribution in [2.75, 3.05) is 7.11 Å². The van der Waals surface area contributed by atoms with E-state index in [2.05, 4.69) is 5.10 Å². The zero-order valence-corrected chi connectivity index (χ0v) is 12.3. The molecule has 0 aliphatic heterocycles. The summed E-state index contributed by atoms with van der Waals surface area (Å²) in [5.74, 6) is -0.390. The number of fused-ring (bicyclic) bond motifs is 1. The summed E-state index contributed by atoms with van der Waals surface area (Å²) >= 11 is 6.04. The fourth-order valence-electron chi connectivity index (χ4n) is 2.68. The molecule has 1 aliphatic carbocycles. The van der Waals surface area contributed by atoms with Crippen LogP contribution in [0, 0.1) is 5.92 Å². The number of aromatic nitrogens is 2. The lowest BCUT2D eigenvalue weighted by molar-refractivity contribution is -0.142. The number of aliphatic carboxylic acids is 1. The van der Waals surface area contributed by atoms with E-state index in [0.717, 1.165) is 16.9 Å². The van der Waals surface area contributed by atoms with Gasteiger partial charge in [-0.05, 0) is 43.0 Å². The van der Waals surface area contributed by atoms with Crippen molar-refractivity contribution < 1.29 is 14.6 Å². The lowest BCUT2D eigenvalue weighted by Gasteiger charge is -2.16. The molecule has 0 bridgehead atoms. The average molecular weight is 307 g/mol. The second-order valence-corrected chi connectivity index (χ2v) is 5.58. The molecule has 3 rings (SSSR count). The zero-order chi connectivity index (χ0) is 15.0. The quantitative estimate of drug-likeness (QED) is 0.947. The topological polar surface area (TPSA) is 64.4 Å². The van der Waals surface area contributed by atoms with Gasteiger partial charge in [-0.25, -0.2) is 4.68 Å². The van der Waals surface area contributed by atoms with Crippen LogP contribution in [0.25, 0.3) is 5.69 Å². The maximum absolute atomic E-state index is 11.1. The highest BCUT2D eigenvalue weighted by Crippen LogP contribution is 2.30. The number of hydrogen-bond donors (Lipinski definition) is 1. The number of rotatable bonds is 3.